The van der Waals surface area contributed by atoms with Gasteiger partial charge >= 0.3 is 18.0 Å². The molecule has 11 heteroatoms. The highest BCUT2D eigenvalue weighted by Crippen LogP contribution is 2.47. The predicted octanol–water partition coefficient (Wildman–Crippen LogP) is 5.39. The largest absolute Gasteiger partial charge is 0.460 e. The van der Waals surface area contributed by atoms with Crippen molar-refractivity contribution in [3.05, 3.63) is 60.7 Å². The van der Waals surface area contributed by atoms with E-state index in [4.69, 9.17) is 0 Å². The maximum absolute atomic E-state index is 14.0. The van der Waals surface area contributed by atoms with Gasteiger partial charge in [-0.05, 0) is 24.3 Å². The van der Waals surface area contributed by atoms with E-state index in [0.29, 0.717) is 5.69 Å². The van der Waals surface area contributed by atoms with E-state index in [2.05, 4.69) is 15.6 Å². The predicted molar refractivity (Wildman–Crippen MR) is 92.0 cm³/mol. The molecule has 0 heterocycles. The molecule has 0 saturated carbocycles. The van der Waals surface area contributed by atoms with Crippen molar-refractivity contribution in [1.82, 2.24) is 0 Å². The van der Waals surface area contributed by atoms with E-state index < -0.39 is 23.7 Å². The molecule has 0 bridgehead atoms. The average molecular weight is 406 g/mol. The number of para-hydroxylation sites is 2. The number of rotatable bonds is 7. The number of nitrogens with one attached hydrogen (secondary N) is 2. The molecule has 4 nitrogen and oxygen atoms in total. The normalized spacial score (nSPS) is 13.6. The van der Waals surface area contributed by atoms with E-state index in [1.807, 2.05) is 5.43 Å². The fraction of sp³-hybridized carbons (Fsp3) is 0.176. The van der Waals surface area contributed by atoms with Crippen molar-refractivity contribution >= 4 is 23.3 Å². The summed E-state index contributed by atoms with van der Waals surface area (Å²) in [5.41, 5.74) is 2.72. The lowest BCUT2D eigenvalue weighted by Crippen LogP contribution is -2.56. The Hall–Kier alpha value is -3.11. The molecule has 0 fully saturated rings. The Bertz CT molecular complexity index is 818. The lowest BCUT2D eigenvalue weighted by molar-refractivity contribution is -0.335. The lowest BCUT2D eigenvalue weighted by atomic mass is 10.1. The van der Waals surface area contributed by atoms with Crippen LogP contribution in [0.5, 0.6) is 0 Å². The molecule has 2 aromatic carbocycles. The van der Waals surface area contributed by atoms with Gasteiger partial charge in [-0.25, -0.2) is 0 Å². The third-order valence-electron chi connectivity index (χ3n) is 3.31. The summed E-state index contributed by atoms with van der Waals surface area (Å²) in [4.78, 5) is 0. The molecule has 0 unspecified atom stereocenters. The van der Waals surface area contributed by atoms with Crippen molar-refractivity contribution in [2.24, 2.45) is 10.2 Å². The molecule has 0 aromatic heterocycles. The zero-order chi connectivity index (χ0) is 20.8. The first-order chi connectivity index (χ1) is 13.1. The van der Waals surface area contributed by atoms with Gasteiger partial charge in [0.05, 0.1) is 17.6 Å². The molecule has 0 saturated heterocycles. The number of nitrogens with zero attached hydrogens (tertiary/aromatic N) is 2. The van der Waals surface area contributed by atoms with Crippen LogP contribution >= 0.6 is 0 Å². The van der Waals surface area contributed by atoms with Crippen LogP contribution in [0.25, 0.3) is 0 Å². The molecular formula is C17H13F7N4. The van der Waals surface area contributed by atoms with Gasteiger partial charge in [0, 0.05) is 0 Å². The molecule has 0 aliphatic rings. The number of hydrogen-bond donors (Lipinski definition) is 2. The molecule has 0 amide bonds. The molecule has 0 spiro atoms. The number of alkyl halides is 7. The summed E-state index contributed by atoms with van der Waals surface area (Å²) < 4.78 is 92.2. The summed E-state index contributed by atoms with van der Waals surface area (Å²) >= 11 is 0. The van der Waals surface area contributed by atoms with Crippen LogP contribution < -0.4 is 10.9 Å². The summed E-state index contributed by atoms with van der Waals surface area (Å²) in [5.74, 6) is -12.1. The smallest absolute Gasteiger partial charge is 0.278 e. The first-order valence-corrected chi connectivity index (χ1v) is 7.61. The van der Waals surface area contributed by atoms with Crippen LogP contribution in [-0.2, 0) is 0 Å². The summed E-state index contributed by atoms with van der Waals surface area (Å²) in [7, 11) is 0. The fourth-order valence-electron chi connectivity index (χ4n) is 1.84. The Morgan fingerprint density at radius 3 is 1.64 bits per heavy atom. The van der Waals surface area contributed by atoms with E-state index in [-0.39, 0.29) is 11.9 Å². The molecule has 28 heavy (non-hydrogen) atoms. The van der Waals surface area contributed by atoms with Gasteiger partial charge in [0.1, 0.15) is 0 Å². The summed E-state index contributed by atoms with van der Waals surface area (Å²) in [6.45, 7) is 0. The number of hydrogen-bond acceptors (Lipinski definition) is 4. The summed E-state index contributed by atoms with van der Waals surface area (Å²) in [5, 5.41) is 6.31. The average Bonchev–Trinajstić information content (AvgIpc) is 2.65. The summed E-state index contributed by atoms with van der Waals surface area (Å²) in [6.07, 6.45) is -6.40. The molecule has 0 atom stereocenters. The van der Waals surface area contributed by atoms with Crippen LogP contribution in [0.4, 0.5) is 42.1 Å². The van der Waals surface area contributed by atoms with Gasteiger partial charge in [0.2, 0.25) is 0 Å². The minimum atomic E-state index is -6.50. The molecule has 2 aromatic rings. The second-order valence-corrected chi connectivity index (χ2v) is 5.36. The third kappa shape index (κ3) is 4.78. The quantitative estimate of drug-likeness (QED) is 0.368. The Morgan fingerprint density at radius 1 is 0.714 bits per heavy atom. The molecule has 2 N–H and O–H groups in total. The lowest BCUT2D eigenvalue weighted by Gasteiger charge is -2.27. The maximum atomic E-state index is 14.0. The van der Waals surface area contributed by atoms with Crippen LogP contribution in [0.2, 0.25) is 0 Å². The second kappa shape index (κ2) is 8.28. The molecular weight excluding hydrogens is 393 g/mol. The Kier molecular flexibility index (Phi) is 6.26. The highest BCUT2D eigenvalue weighted by Gasteiger charge is 2.74. The van der Waals surface area contributed by atoms with Crippen molar-refractivity contribution in [3.8, 4) is 0 Å². The van der Waals surface area contributed by atoms with Crippen molar-refractivity contribution in [2.75, 3.05) is 10.9 Å². The number of benzene rings is 2. The minimum Gasteiger partial charge on any atom is -0.278 e. The third-order valence-corrected chi connectivity index (χ3v) is 3.31. The van der Waals surface area contributed by atoms with Crippen LogP contribution in [0.15, 0.2) is 70.9 Å². The van der Waals surface area contributed by atoms with Crippen molar-refractivity contribution in [3.63, 3.8) is 0 Å². The Morgan fingerprint density at radius 2 is 1.18 bits per heavy atom. The Balaban J connectivity index is 2.34. The van der Waals surface area contributed by atoms with Gasteiger partial charge in [0.25, 0.3) is 0 Å². The van der Waals surface area contributed by atoms with Crippen LogP contribution in [-0.4, -0.2) is 29.9 Å². The zero-order valence-corrected chi connectivity index (χ0v) is 13.9. The van der Waals surface area contributed by atoms with Crippen molar-refractivity contribution in [1.29, 1.82) is 0 Å². The van der Waals surface area contributed by atoms with Crippen LogP contribution in [0.1, 0.15) is 0 Å². The second-order valence-electron chi connectivity index (χ2n) is 5.36. The SMILES string of the molecule is FC(F)(F)C(F)(F)C(F)(F)C(/C=N/Nc1ccccc1)=N/Nc1ccccc1. The van der Waals surface area contributed by atoms with Gasteiger partial charge in [-0.3, -0.25) is 10.9 Å². The number of halogens is 7. The maximum Gasteiger partial charge on any atom is 0.460 e. The van der Waals surface area contributed by atoms with Gasteiger partial charge in [-0.15, -0.1) is 0 Å². The molecule has 150 valence electrons. The fourth-order valence-corrected chi connectivity index (χ4v) is 1.84. The van der Waals surface area contributed by atoms with E-state index in [1.165, 1.54) is 36.4 Å². The molecule has 0 radical (unpaired) electrons. The molecule has 0 aliphatic carbocycles. The Labute approximate surface area is 154 Å². The van der Waals surface area contributed by atoms with Crippen molar-refractivity contribution in [2.45, 2.75) is 18.0 Å². The number of anilines is 2. The highest BCUT2D eigenvalue weighted by molar-refractivity contribution is 6.34. The van der Waals surface area contributed by atoms with Gasteiger partial charge in [0.15, 0.2) is 5.71 Å². The van der Waals surface area contributed by atoms with Crippen LogP contribution in [0, 0.1) is 0 Å². The monoisotopic (exact) mass is 406 g/mol. The summed E-state index contributed by atoms with van der Waals surface area (Å²) in [6, 6.07) is 14.9. The topological polar surface area (TPSA) is 48.8 Å². The van der Waals surface area contributed by atoms with Crippen molar-refractivity contribution < 1.29 is 30.7 Å². The zero-order valence-electron chi connectivity index (χ0n) is 13.9. The minimum absolute atomic E-state index is 0.0931. The first-order valence-electron chi connectivity index (χ1n) is 7.61. The van der Waals surface area contributed by atoms with Gasteiger partial charge in [-0.2, -0.15) is 40.9 Å². The molecule has 0 aliphatic heterocycles. The first kappa shape index (κ1) is 21.2. The molecule has 2 rings (SSSR count). The van der Waals surface area contributed by atoms with Gasteiger partial charge in [-0.1, -0.05) is 36.4 Å². The van der Waals surface area contributed by atoms with E-state index >= 15 is 0 Å². The van der Waals surface area contributed by atoms with E-state index in [0.717, 1.165) is 0 Å². The standard InChI is InChI=1S/C17H13F7N4/c18-15(19,16(20,21)17(22,23)24)14(28-27-13-9-5-2-6-10-13)11-25-26-12-7-3-1-4-8-12/h1-11,26-27H/b25-11+,28-14+. The van der Waals surface area contributed by atoms with Crippen LogP contribution in [0.3, 0.4) is 0 Å². The van der Waals surface area contributed by atoms with Gasteiger partial charge < -0.3 is 0 Å². The highest BCUT2D eigenvalue weighted by atomic mass is 19.4. The van der Waals surface area contributed by atoms with E-state index in [1.54, 1.807) is 24.3 Å². The van der Waals surface area contributed by atoms with E-state index in [9.17, 15) is 30.7 Å². The number of hydrazone groups is 2.